The van der Waals surface area contributed by atoms with Crippen molar-refractivity contribution in [2.75, 3.05) is 43.6 Å². The zero-order valence-electron chi connectivity index (χ0n) is 28.8. The highest BCUT2D eigenvalue weighted by atomic mass is 35.5. The lowest BCUT2D eigenvalue weighted by Gasteiger charge is -2.33. The molecule has 1 amide bonds. The fourth-order valence-electron chi connectivity index (χ4n) is 6.83. The molecule has 3 heterocycles. The number of H-pyrrole nitrogens is 1. The third-order valence-corrected chi connectivity index (χ3v) is 10.3. The Morgan fingerprint density at radius 3 is 2.48 bits per heavy atom. The Morgan fingerprint density at radius 1 is 0.981 bits per heavy atom. The molecule has 268 valence electrons. The molecule has 1 aliphatic heterocycles. The lowest BCUT2D eigenvalue weighted by molar-refractivity contribution is 0.102. The van der Waals surface area contributed by atoms with E-state index in [1.54, 1.807) is 19.5 Å². The number of benzene rings is 4. The zero-order valence-corrected chi connectivity index (χ0v) is 31.1. The van der Waals surface area contributed by atoms with Crippen LogP contribution in [0.3, 0.4) is 0 Å². The number of rotatable bonds is 11. The fourth-order valence-corrected chi connectivity index (χ4v) is 7.57. The second kappa shape index (κ2) is 15.6. The summed E-state index contributed by atoms with van der Waals surface area (Å²) in [5.74, 6) is 0.279. The van der Waals surface area contributed by atoms with E-state index in [0.717, 1.165) is 53.8 Å². The standard InChI is InChI=1S/C40H39Cl3N6O3/c1-24(30-11-8-26(41)20-32(30)43)49-23-45-37(25-6-4-3-5-7-25)39(49)36-31-12-9-27(42)21-33(31)46-38(36)40(50)47-34-22-29(52-19-18-51-2)10-13-35(34)48-16-14-28(44)15-17-48/h3-13,20-24,28,46H,14-19,44H2,1-2H3,(H,47,50). The Balaban J connectivity index is 1.39. The lowest BCUT2D eigenvalue weighted by atomic mass is 9.99. The third kappa shape index (κ3) is 7.38. The minimum atomic E-state index is -0.338. The summed E-state index contributed by atoms with van der Waals surface area (Å²) in [5.41, 5.74) is 12.7. The fraction of sp³-hybridized carbons (Fsp3) is 0.250. The minimum Gasteiger partial charge on any atom is -0.491 e. The van der Waals surface area contributed by atoms with Crippen LogP contribution >= 0.6 is 34.8 Å². The van der Waals surface area contributed by atoms with Crippen LogP contribution in [-0.4, -0.2) is 59.9 Å². The number of aromatic nitrogens is 3. The van der Waals surface area contributed by atoms with E-state index in [4.69, 9.17) is 55.0 Å². The Labute approximate surface area is 317 Å². The molecule has 52 heavy (non-hydrogen) atoms. The smallest absolute Gasteiger partial charge is 0.272 e. The summed E-state index contributed by atoms with van der Waals surface area (Å²) in [6, 6.07) is 26.6. The van der Waals surface area contributed by atoms with Gasteiger partial charge < -0.3 is 35.0 Å². The predicted octanol–water partition coefficient (Wildman–Crippen LogP) is 9.47. The van der Waals surface area contributed by atoms with Gasteiger partial charge >= 0.3 is 0 Å². The number of nitrogens with two attached hydrogens (primary N) is 1. The largest absolute Gasteiger partial charge is 0.491 e. The third-order valence-electron chi connectivity index (χ3n) is 9.55. The number of amides is 1. The number of carbonyl (C=O) groups is 1. The Kier molecular flexibility index (Phi) is 10.8. The average molecular weight is 758 g/mol. The van der Waals surface area contributed by atoms with Gasteiger partial charge in [-0.1, -0.05) is 77.3 Å². The summed E-state index contributed by atoms with van der Waals surface area (Å²) < 4.78 is 13.2. The van der Waals surface area contributed by atoms with Crippen molar-refractivity contribution in [2.24, 2.45) is 5.73 Å². The molecule has 1 unspecified atom stereocenters. The van der Waals surface area contributed by atoms with Crippen LogP contribution in [0.1, 0.15) is 41.9 Å². The molecule has 9 nitrogen and oxygen atoms in total. The molecule has 0 radical (unpaired) electrons. The maximum Gasteiger partial charge on any atom is 0.272 e. The topological polar surface area (TPSA) is 110 Å². The van der Waals surface area contributed by atoms with Crippen molar-refractivity contribution < 1.29 is 14.3 Å². The van der Waals surface area contributed by atoms with Crippen molar-refractivity contribution in [3.63, 3.8) is 0 Å². The van der Waals surface area contributed by atoms with Gasteiger partial charge in [-0.15, -0.1) is 0 Å². The van der Waals surface area contributed by atoms with Gasteiger partial charge in [-0.3, -0.25) is 4.79 Å². The molecule has 0 saturated carbocycles. The number of imidazole rings is 1. The summed E-state index contributed by atoms with van der Waals surface area (Å²) in [6.07, 6.45) is 3.51. The molecular formula is C40H39Cl3N6O3. The first kappa shape index (κ1) is 35.9. The Bertz CT molecular complexity index is 2210. The number of carbonyl (C=O) groups excluding carboxylic acids is 1. The minimum absolute atomic E-state index is 0.153. The molecule has 4 aromatic carbocycles. The number of ether oxygens (including phenoxy) is 2. The van der Waals surface area contributed by atoms with Gasteiger partial charge in [0.25, 0.3) is 5.91 Å². The number of fused-ring (bicyclic) bond motifs is 1. The second-order valence-electron chi connectivity index (χ2n) is 12.9. The number of anilines is 2. The monoisotopic (exact) mass is 756 g/mol. The van der Waals surface area contributed by atoms with Crippen LogP contribution in [0.25, 0.3) is 33.4 Å². The number of aromatic amines is 1. The molecule has 1 atom stereocenters. The number of methoxy groups -OCH3 is 1. The maximum absolute atomic E-state index is 14.8. The molecule has 7 rings (SSSR count). The number of hydrogen-bond acceptors (Lipinski definition) is 6. The highest BCUT2D eigenvalue weighted by Crippen LogP contribution is 2.43. The van der Waals surface area contributed by atoms with Crippen LogP contribution in [0.4, 0.5) is 11.4 Å². The molecular weight excluding hydrogens is 719 g/mol. The van der Waals surface area contributed by atoms with Crippen LogP contribution < -0.4 is 20.7 Å². The van der Waals surface area contributed by atoms with Crippen LogP contribution in [0, 0.1) is 0 Å². The number of hydrogen-bond donors (Lipinski definition) is 3. The highest BCUT2D eigenvalue weighted by molar-refractivity contribution is 6.35. The van der Waals surface area contributed by atoms with E-state index in [-0.39, 0.29) is 18.0 Å². The van der Waals surface area contributed by atoms with Crippen LogP contribution in [-0.2, 0) is 4.74 Å². The first-order valence-corrected chi connectivity index (χ1v) is 18.3. The van der Waals surface area contributed by atoms with Gasteiger partial charge in [0.15, 0.2) is 0 Å². The van der Waals surface area contributed by atoms with Gasteiger partial charge in [-0.05, 0) is 61.7 Å². The van der Waals surface area contributed by atoms with E-state index in [1.165, 1.54) is 0 Å². The van der Waals surface area contributed by atoms with Crippen LogP contribution in [0.5, 0.6) is 5.75 Å². The average Bonchev–Trinajstić information content (AvgIpc) is 3.74. The number of nitrogens with one attached hydrogen (secondary N) is 2. The molecule has 1 fully saturated rings. The number of nitrogens with zero attached hydrogens (tertiary/aromatic N) is 3. The molecule has 6 aromatic rings. The Hall–Kier alpha value is -4.51. The summed E-state index contributed by atoms with van der Waals surface area (Å²) in [4.78, 5) is 25.4. The van der Waals surface area contributed by atoms with Gasteiger partial charge in [-0.2, -0.15) is 0 Å². The summed E-state index contributed by atoms with van der Waals surface area (Å²) in [7, 11) is 1.63. The van der Waals surface area contributed by atoms with Gasteiger partial charge in [0.1, 0.15) is 18.1 Å². The van der Waals surface area contributed by atoms with Crippen molar-refractivity contribution in [3.8, 4) is 28.3 Å². The first-order valence-electron chi connectivity index (χ1n) is 17.2. The summed E-state index contributed by atoms with van der Waals surface area (Å²) in [6.45, 7) is 4.40. The zero-order chi connectivity index (χ0) is 36.4. The van der Waals surface area contributed by atoms with E-state index in [0.29, 0.717) is 62.2 Å². The van der Waals surface area contributed by atoms with Crippen molar-refractivity contribution in [2.45, 2.75) is 31.8 Å². The van der Waals surface area contributed by atoms with E-state index in [9.17, 15) is 4.79 Å². The second-order valence-corrected chi connectivity index (χ2v) is 14.2. The molecule has 4 N–H and O–H groups in total. The normalized spacial score (nSPS) is 14.2. The van der Waals surface area contributed by atoms with Crippen molar-refractivity contribution in [1.29, 1.82) is 0 Å². The SMILES string of the molecule is COCCOc1ccc(N2CCC(N)CC2)c(NC(=O)c2[nH]c3cc(Cl)ccc3c2-c2c(-c3ccccc3)ncn2C(C)c2ccc(Cl)cc2Cl)c1. The maximum atomic E-state index is 14.8. The molecule has 2 aromatic heterocycles. The molecule has 0 aliphatic carbocycles. The van der Waals surface area contributed by atoms with Gasteiger partial charge in [-0.25, -0.2) is 4.98 Å². The summed E-state index contributed by atoms with van der Waals surface area (Å²) >= 11 is 19.6. The predicted molar refractivity (Wildman–Crippen MR) is 211 cm³/mol. The number of piperidine rings is 1. The molecule has 0 bridgehead atoms. The van der Waals surface area contributed by atoms with E-state index in [2.05, 4.69) is 19.8 Å². The van der Waals surface area contributed by atoms with E-state index < -0.39 is 0 Å². The van der Waals surface area contributed by atoms with Crippen LogP contribution in [0.15, 0.2) is 91.3 Å². The van der Waals surface area contributed by atoms with Crippen molar-refractivity contribution >= 4 is 63.0 Å². The quantitative estimate of drug-likeness (QED) is 0.114. The van der Waals surface area contributed by atoms with Gasteiger partial charge in [0.05, 0.1) is 41.7 Å². The molecule has 12 heteroatoms. The van der Waals surface area contributed by atoms with Crippen LogP contribution in [0.2, 0.25) is 15.1 Å². The summed E-state index contributed by atoms with van der Waals surface area (Å²) in [5, 5.41) is 5.67. The molecule has 1 aliphatic rings. The Morgan fingerprint density at radius 2 is 1.73 bits per heavy atom. The van der Waals surface area contributed by atoms with E-state index in [1.807, 2.05) is 85.8 Å². The lowest BCUT2D eigenvalue weighted by Crippen LogP contribution is -2.40. The van der Waals surface area contributed by atoms with Gasteiger partial charge in [0, 0.05) is 69.4 Å². The van der Waals surface area contributed by atoms with Gasteiger partial charge in [0.2, 0.25) is 0 Å². The van der Waals surface area contributed by atoms with E-state index >= 15 is 0 Å². The molecule has 1 saturated heterocycles. The van der Waals surface area contributed by atoms with Crippen molar-refractivity contribution in [1.82, 2.24) is 14.5 Å². The molecule has 0 spiro atoms. The first-order chi connectivity index (χ1) is 25.2. The number of halogens is 3. The van der Waals surface area contributed by atoms with Crippen molar-refractivity contribution in [3.05, 3.63) is 118 Å². The highest BCUT2D eigenvalue weighted by Gasteiger charge is 2.29.